The van der Waals surface area contributed by atoms with Gasteiger partial charge in [0.15, 0.2) is 5.96 Å². The molecule has 2 aliphatic heterocycles. The van der Waals surface area contributed by atoms with Crippen molar-refractivity contribution in [3.05, 3.63) is 35.9 Å². The molecule has 454 valence electrons. The molecule has 2 saturated heterocycles. The molecule has 0 aromatic heterocycles. The zero-order valence-corrected chi connectivity index (χ0v) is 47.9. The number of hydrogen-bond donors (Lipinski definition) is 14. The Kier molecular flexibility index (Phi) is 28.5. The first-order valence-electron chi connectivity index (χ1n) is 27.2. The van der Waals surface area contributed by atoms with Crippen LogP contribution in [0.2, 0.25) is 0 Å². The molecule has 0 aliphatic carbocycles. The summed E-state index contributed by atoms with van der Waals surface area (Å²) in [5.41, 5.74) is 28.1. The highest BCUT2D eigenvalue weighted by Crippen LogP contribution is 2.21. The van der Waals surface area contributed by atoms with Gasteiger partial charge in [-0.25, -0.2) is 0 Å². The van der Waals surface area contributed by atoms with Crippen molar-refractivity contribution in [3.63, 3.8) is 0 Å². The predicted molar refractivity (Wildman–Crippen MR) is 301 cm³/mol. The van der Waals surface area contributed by atoms with Gasteiger partial charge in [-0.3, -0.25) is 67.3 Å². The SMILES string of the molecule is CC[C@H](C)[C@H](NC(=O)[C@H](Cc1ccccc1)NC(=O)[C@H](CCCN=C(N)N)NC(=O)[C@H](CC(N)=O)NC(=O)[C@@H]1CCCN1C(=O)[C@H](CC(N)=O)NC(=O)[C@@H]1CCC(=O)N1)C(=O)NCC(=O)N[C@@H](CC(C)C)C(=O)N[C@@H](CCSC)C(N)=O. The van der Waals surface area contributed by atoms with Crippen LogP contribution >= 0.6 is 11.8 Å². The Balaban J connectivity index is 1.87. The maximum atomic E-state index is 14.5. The van der Waals surface area contributed by atoms with Crippen molar-refractivity contribution in [2.75, 3.05) is 31.6 Å². The number of nitrogens with one attached hydrogen (secondary N) is 9. The minimum absolute atomic E-state index is 0.0220. The van der Waals surface area contributed by atoms with Crippen LogP contribution in [-0.4, -0.2) is 174 Å². The number of carbonyl (C=O) groups excluding carboxylic acids is 13. The van der Waals surface area contributed by atoms with Gasteiger partial charge in [0, 0.05) is 25.9 Å². The van der Waals surface area contributed by atoms with Crippen LogP contribution in [0.15, 0.2) is 35.3 Å². The van der Waals surface area contributed by atoms with Gasteiger partial charge >= 0.3 is 0 Å². The summed E-state index contributed by atoms with van der Waals surface area (Å²) in [5.74, 6) is -11.0. The smallest absolute Gasteiger partial charge is 0.246 e. The minimum Gasteiger partial charge on any atom is -0.370 e. The maximum absolute atomic E-state index is 14.5. The number of likely N-dealkylation sites (tertiary alicyclic amines) is 1. The number of carbonyl (C=O) groups is 13. The Hall–Kier alpha value is -8.05. The molecule has 0 spiro atoms. The monoisotopic (exact) mass is 1170 g/mol. The van der Waals surface area contributed by atoms with Crippen LogP contribution < -0.4 is 76.5 Å². The van der Waals surface area contributed by atoms with Crippen molar-refractivity contribution in [2.24, 2.45) is 45.5 Å². The molecule has 1 aromatic rings. The van der Waals surface area contributed by atoms with E-state index in [0.29, 0.717) is 17.7 Å². The van der Waals surface area contributed by atoms with E-state index in [1.54, 1.807) is 44.2 Å². The highest BCUT2D eigenvalue weighted by Gasteiger charge is 2.41. The standard InChI is InChI=1S/C52H82N16O13S/c1-6-28(4)42(50(80)59-26-41(72)61-33(22-27(2)3)46(76)62-30(43(55)73)18-21-82-5)67-48(78)34(23-29-12-8-7-9-13-29)64-44(74)31(14-10-19-58-52(56)57)63-47(77)35(24-38(53)69)65-49(79)37-15-11-20-68(37)51(81)36(25-39(54)70)66-45(75)32-16-17-40(71)60-32/h7-9,12-13,27-28,30-37,42H,6,10-11,14-26H2,1-5H3,(H2,53,69)(H2,54,70)(H2,55,73)(H,59,80)(H,60,71)(H,61,72)(H,62,76)(H,63,77)(H,64,74)(H,65,79)(H,66,75)(H,67,78)(H4,56,57,58)/t28-,30-,31-,32-,33-,34-,35-,36-,37-,42-/m0/s1. The number of benzene rings is 1. The predicted octanol–water partition coefficient (Wildman–Crippen LogP) is -4.86. The quantitative estimate of drug-likeness (QED) is 0.0172. The van der Waals surface area contributed by atoms with Crippen molar-refractivity contribution in [2.45, 2.75) is 159 Å². The summed E-state index contributed by atoms with van der Waals surface area (Å²) in [4.78, 5) is 178. The minimum atomic E-state index is -1.75. The van der Waals surface area contributed by atoms with Crippen LogP contribution in [0, 0.1) is 11.8 Å². The van der Waals surface area contributed by atoms with E-state index in [0.717, 1.165) is 4.90 Å². The summed E-state index contributed by atoms with van der Waals surface area (Å²) in [5, 5.41) is 23.0. The number of rotatable bonds is 35. The first kappa shape index (κ1) is 68.2. The Morgan fingerprint density at radius 1 is 0.695 bits per heavy atom. The normalized spacial score (nSPS) is 17.6. The third-order valence-corrected chi connectivity index (χ3v) is 14.2. The van der Waals surface area contributed by atoms with E-state index in [1.807, 2.05) is 20.1 Å². The molecule has 0 radical (unpaired) electrons. The number of aliphatic imine (C=N–C) groups is 1. The highest BCUT2D eigenvalue weighted by atomic mass is 32.2. The van der Waals surface area contributed by atoms with E-state index < -0.39 is 151 Å². The zero-order chi connectivity index (χ0) is 61.2. The molecule has 30 heteroatoms. The summed E-state index contributed by atoms with van der Waals surface area (Å²) in [6.45, 7) is 6.43. The molecule has 13 amide bonds. The molecule has 29 nitrogen and oxygen atoms in total. The van der Waals surface area contributed by atoms with Gasteiger partial charge in [-0.15, -0.1) is 0 Å². The molecule has 2 heterocycles. The van der Waals surface area contributed by atoms with E-state index >= 15 is 0 Å². The van der Waals surface area contributed by atoms with E-state index in [1.165, 1.54) is 11.8 Å². The van der Waals surface area contributed by atoms with Gasteiger partial charge < -0.3 is 81.4 Å². The molecule has 0 bridgehead atoms. The van der Waals surface area contributed by atoms with E-state index in [4.69, 9.17) is 28.7 Å². The second kappa shape index (κ2) is 34.3. The fourth-order valence-electron chi connectivity index (χ4n) is 9.02. The van der Waals surface area contributed by atoms with Gasteiger partial charge in [0.05, 0.1) is 19.4 Å². The van der Waals surface area contributed by atoms with Gasteiger partial charge in [-0.05, 0) is 74.4 Å². The first-order valence-corrected chi connectivity index (χ1v) is 28.6. The molecular weight excluding hydrogens is 1090 g/mol. The molecular formula is C52H82N16O13S. The molecule has 3 rings (SSSR count). The van der Waals surface area contributed by atoms with Crippen molar-refractivity contribution in [3.8, 4) is 0 Å². The molecule has 2 fully saturated rings. The Bertz CT molecular complexity index is 2480. The summed E-state index contributed by atoms with van der Waals surface area (Å²) in [6, 6.07) is -3.34. The maximum Gasteiger partial charge on any atom is 0.246 e. The van der Waals surface area contributed by atoms with Crippen molar-refractivity contribution in [1.82, 2.24) is 52.8 Å². The van der Waals surface area contributed by atoms with Crippen LogP contribution in [0.1, 0.15) is 104 Å². The van der Waals surface area contributed by atoms with Crippen LogP contribution in [0.5, 0.6) is 0 Å². The van der Waals surface area contributed by atoms with E-state index in [2.05, 4.69) is 52.8 Å². The lowest BCUT2D eigenvalue weighted by molar-refractivity contribution is -0.143. The van der Waals surface area contributed by atoms with Crippen molar-refractivity contribution >= 4 is 94.5 Å². The second-order valence-electron chi connectivity index (χ2n) is 20.7. The van der Waals surface area contributed by atoms with E-state index in [9.17, 15) is 62.3 Å². The Morgan fingerprint density at radius 3 is 1.88 bits per heavy atom. The van der Waals surface area contributed by atoms with Gasteiger partial charge in [0.2, 0.25) is 76.8 Å². The van der Waals surface area contributed by atoms with Gasteiger partial charge in [-0.2, -0.15) is 11.8 Å². The lowest BCUT2D eigenvalue weighted by Gasteiger charge is -2.30. The first-order chi connectivity index (χ1) is 38.7. The van der Waals surface area contributed by atoms with E-state index in [-0.39, 0.29) is 88.7 Å². The number of hydrogen-bond acceptors (Lipinski definition) is 15. The van der Waals surface area contributed by atoms with Crippen LogP contribution in [-0.2, 0) is 68.7 Å². The molecule has 2 aliphatic rings. The molecule has 82 heavy (non-hydrogen) atoms. The molecule has 0 saturated carbocycles. The average Bonchev–Trinajstić information content (AvgIpc) is 4.15. The number of guanidine groups is 1. The van der Waals surface area contributed by atoms with Crippen molar-refractivity contribution in [1.29, 1.82) is 0 Å². The topological polar surface area (TPSA) is 476 Å². The summed E-state index contributed by atoms with van der Waals surface area (Å²) < 4.78 is 0. The average molecular weight is 1170 g/mol. The second-order valence-corrected chi connectivity index (χ2v) is 21.6. The number of nitrogens with two attached hydrogens (primary N) is 5. The third-order valence-electron chi connectivity index (χ3n) is 13.5. The highest BCUT2D eigenvalue weighted by molar-refractivity contribution is 7.98. The number of primary amides is 3. The van der Waals surface area contributed by atoms with Crippen molar-refractivity contribution < 1.29 is 62.3 Å². The number of thioether (sulfide) groups is 1. The molecule has 1 aromatic carbocycles. The summed E-state index contributed by atoms with van der Waals surface area (Å²) in [6.07, 6.45) is 1.45. The number of amides is 13. The largest absolute Gasteiger partial charge is 0.370 e. The Labute approximate surface area is 480 Å². The van der Waals surface area contributed by atoms with Crippen LogP contribution in [0.25, 0.3) is 0 Å². The van der Waals surface area contributed by atoms with Gasteiger partial charge in [-0.1, -0.05) is 64.4 Å². The summed E-state index contributed by atoms with van der Waals surface area (Å²) in [7, 11) is 0. The summed E-state index contributed by atoms with van der Waals surface area (Å²) >= 11 is 1.46. The van der Waals surface area contributed by atoms with Gasteiger partial charge in [0.25, 0.3) is 0 Å². The third kappa shape index (κ3) is 23.2. The fourth-order valence-corrected chi connectivity index (χ4v) is 9.49. The number of nitrogens with zero attached hydrogens (tertiary/aromatic N) is 2. The van der Waals surface area contributed by atoms with Crippen LogP contribution in [0.4, 0.5) is 0 Å². The lowest BCUT2D eigenvalue weighted by Crippen LogP contribution is -2.61. The molecule has 10 atom stereocenters. The molecule has 0 unspecified atom stereocenters. The van der Waals surface area contributed by atoms with Crippen LogP contribution in [0.3, 0.4) is 0 Å². The zero-order valence-electron chi connectivity index (χ0n) is 47.0. The fraction of sp³-hybridized carbons (Fsp3) is 0.615. The molecule has 19 N–H and O–H groups in total. The lowest BCUT2D eigenvalue weighted by atomic mass is 9.97. The Morgan fingerprint density at radius 2 is 1.29 bits per heavy atom. The van der Waals surface area contributed by atoms with Gasteiger partial charge in [0.1, 0.15) is 54.4 Å².